The molecule has 0 bridgehead atoms. The summed E-state index contributed by atoms with van der Waals surface area (Å²) in [5.41, 5.74) is 0. The summed E-state index contributed by atoms with van der Waals surface area (Å²) in [7, 11) is 2.15. The van der Waals surface area contributed by atoms with Crippen LogP contribution < -0.4 is 10.6 Å². The molecule has 4 heteroatoms. The Bertz CT molecular complexity index is 206. The third-order valence-corrected chi connectivity index (χ3v) is 2.79. The van der Waals surface area contributed by atoms with E-state index in [1.54, 1.807) is 0 Å². The third-order valence-electron chi connectivity index (χ3n) is 2.79. The first-order chi connectivity index (χ1) is 7.09. The van der Waals surface area contributed by atoms with Crippen LogP contribution in [0.5, 0.6) is 0 Å². The van der Waals surface area contributed by atoms with Gasteiger partial charge in [0.05, 0.1) is 6.54 Å². The van der Waals surface area contributed by atoms with Crippen LogP contribution in [0.2, 0.25) is 0 Å². The van der Waals surface area contributed by atoms with Crippen LogP contribution in [0.15, 0.2) is 0 Å². The normalized spacial score (nSPS) is 22.3. The van der Waals surface area contributed by atoms with Crippen LogP contribution >= 0.6 is 0 Å². The van der Waals surface area contributed by atoms with Crippen molar-refractivity contribution >= 4 is 5.91 Å². The molecule has 1 aliphatic heterocycles. The standard InChI is InChI=1S/C11H23N3O/c1-9(2)13-11(15)8-12-7-10-5-4-6-14(10)3/h9-10,12H,4-8H2,1-3H3,(H,13,15). The van der Waals surface area contributed by atoms with Crippen LogP contribution in [0.25, 0.3) is 0 Å². The molecule has 1 heterocycles. The Morgan fingerprint density at radius 3 is 2.80 bits per heavy atom. The Kier molecular flexibility index (Phi) is 5.05. The molecule has 0 aromatic carbocycles. The molecule has 2 N–H and O–H groups in total. The van der Waals surface area contributed by atoms with Crippen molar-refractivity contribution in [3.8, 4) is 0 Å². The summed E-state index contributed by atoms with van der Waals surface area (Å²) in [4.78, 5) is 13.7. The van der Waals surface area contributed by atoms with Gasteiger partial charge < -0.3 is 15.5 Å². The van der Waals surface area contributed by atoms with Crippen molar-refractivity contribution in [3.05, 3.63) is 0 Å². The summed E-state index contributed by atoms with van der Waals surface area (Å²) in [5, 5.41) is 6.07. The molecule has 1 fully saturated rings. The zero-order chi connectivity index (χ0) is 11.3. The molecule has 4 nitrogen and oxygen atoms in total. The molecule has 1 unspecified atom stereocenters. The number of carbonyl (C=O) groups excluding carboxylic acids is 1. The summed E-state index contributed by atoms with van der Waals surface area (Å²) in [6.45, 7) is 6.49. The number of hydrogen-bond donors (Lipinski definition) is 2. The van der Waals surface area contributed by atoms with E-state index >= 15 is 0 Å². The summed E-state index contributed by atoms with van der Waals surface area (Å²) in [6, 6.07) is 0.838. The van der Waals surface area contributed by atoms with E-state index in [9.17, 15) is 4.79 Å². The first-order valence-electron chi connectivity index (χ1n) is 5.80. The minimum atomic E-state index is 0.0886. The predicted molar refractivity (Wildman–Crippen MR) is 61.8 cm³/mol. The van der Waals surface area contributed by atoms with Gasteiger partial charge in [0.15, 0.2) is 0 Å². The highest BCUT2D eigenvalue weighted by molar-refractivity contribution is 5.78. The van der Waals surface area contributed by atoms with Gasteiger partial charge in [0, 0.05) is 18.6 Å². The molecule has 1 atom stereocenters. The minimum absolute atomic E-state index is 0.0886. The average molecular weight is 213 g/mol. The second-order valence-corrected chi connectivity index (χ2v) is 4.63. The summed E-state index contributed by atoms with van der Waals surface area (Å²) in [6.07, 6.45) is 2.52. The molecule has 0 aromatic rings. The largest absolute Gasteiger partial charge is 0.353 e. The van der Waals surface area contributed by atoms with E-state index < -0.39 is 0 Å². The van der Waals surface area contributed by atoms with E-state index in [1.807, 2.05) is 13.8 Å². The Labute approximate surface area is 92.4 Å². The minimum Gasteiger partial charge on any atom is -0.353 e. The number of carbonyl (C=O) groups is 1. The highest BCUT2D eigenvalue weighted by Crippen LogP contribution is 2.13. The van der Waals surface area contributed by atoms with Gasteiger partial charge in [-0.25, -0.2) is 0 Å². The Balaban J connectivity index is 2.08. The van der Waals surface area contributed by atoms with Crippen molar-refractivity contribution in [2.24, 2.45) is 0 Å². The maximum Gasteiger partial charge on any atom is 0.234 e. The van der Waals surface area contributed by atoms with Gasteiger partial charge in [0.25, 0.3) is 0 Å². The number of nitrogens with zero attached hydrogens (tertiary/aromatic N) is 1. The van der Waals surface area contributed by atoms with E-state index in [-0.39, 0.29) is 11.9 Å². The topological polar surface area (TPSA) is 44.4 Å². The SMILES string of the molecule is CC(C)NC(=O)CNCC1CCCN1C. The third kappa shape index (κ3) is 4.62. The fraction of sp³-hybridized carbons (Fsp3) is 0.909. The number of rotatable bonds is 5. The summed E-state index contributed by atoms with van der Waals surface area (Å²) < 4.78 is 0. The molecule has 0 radical (unpaired) electrons. The van der Waals surface area contributed by atoms with Crippen LogP contribution in [0, 0.1) is 0 Å². The number of nitrogens with one attached hydrogen (secondary N) is 2. The fourth-order valence-electron chi connectivity index (χ4n) is 1.96. The van der Waals surface area contributed by atoms with Crippen LogP contribution in [0.3, 0.4) is 0 Å². The zero-order valence-corrected chi connectivity index (χ0v) is 10.0. The van der Waals surface area contributed by atoms with Crippen LogP contribution in [0.1, 0.15) is 26.7 Å². The highest BCUT2D eigenvalue weighted by atomic mass is 16.1. The first kappa shape index (κ1) is 12.5. The van der Waals surface area contributed by atoms with Gasteiger partial charge in [0.2, 0.25) is 5.91 Å². The van der Waals surface area contributed by atoms with Crippen molar-refractivity contribution in [1.29, 1.82) is 0 Å². The van der Waals surface area contributed by atoms with Gasteiger partial charge in [-0.05, 0) is 40.3 Å². The van der Waals surface area contributed by atoms with E-state index in [4.69, 9.17) is 0 Å². The molecular weight excluding hydrogens is 190 g/mol. The van der Waals surface area contributed by atoms with Crippen molar-refractivity contribution in [1.82, 2.24) is 15.5 Å². The number of likely N-dealkylation sites (N-methyl/N-ethyl adjacent to an activating group) is 1. The molecule has 1 amide bonds. The second kappa shape index (κ2) is 6.08. The van der Waals surface area contributed by atoms with E-state index in [0.29, 0.717) is 12.6 Å². The second-order valence-electron chi connectivity index (χ2n) is 4.63. The molecule has 0 aliphatic carbocycles. The Hall–Kier alpha value is -0.610. The maximum atomic E-state index is 11.3. The molecule has 1 rings (SSSR count). The lowest BCUT2D eigenvalue weighted by molar-refractivity contribution is -0.120. The lowest BCUT2D eigenvalue weighted by Crippen LogP contribution is -2.42. The van der Waals surface area contributed by atoms with Crippen molar-refractivity contribution < 1.29 is 4.79 Å². The molecular formula is C11H23N3O. The molecule has 0 spiro atoms. The molecule has 0 saturated carbocycles. The number of amides is 1. The zero-order valence-electron chi connectivity index (χ0n) is 10.0. The van der Waals surface area contributed by atoms with Crippen LogP contribution in [-0.2, 0) is 4.79 Å². The Morgan fingerprint density at radius 2 is 2.27 bits per heavy atom. The fourth-order valence-corrected chi connectivity index (χ4v) is 1.96. The van der Waals surface area contributed by atoms with Gasteiger partial charge in [0.1, 0.15) is 0 Å². The van der Waals surface area contributed by atoms with E-state index in [0.717, 1.165) is 6.54 Å². The average Bonchev–Trinajstić information content (AvgIpc) is 2.50. The number of hydrogen-bond acceptors (Lipinski definition) is 3. The van der Waals surface area contributed by atoms with Crippen LogP contribution in [0.4, 0.5) is 0 Å². The Morgan fingerprint density at radius 1 is 1.53 bits per heavy atom. The lowest BCUT2D eigenvalue weighted by Gasteiger charge is -2.19. The molecule has 1 saturated heterocycles. The van der Waals surface area contributed by atoms with E-state index in [1.165, 1.54) is 19.4 Å². The quantitative estimate of drug-likeness (QED) is 0.685. The van der Waals surface area contributed by atoms with Gasteiger partial charge in [-0.2, -0.15) is 0 Å². The van der Waals surface area contributed by atoms with Gasteiger partial charge in [-0.15, -0.1) is 0 Å². The monoisotopic (exact) mass is 213 g/mol. The van der Waals surface area contributed by atoms with Crippen molar-refractivity contribution in [2.45, 2.75) is 38.8 Å². The number of likely N-dealkylation sites (tertiary alicyclic amines) is 1. The molecule has 1 aliphatic rings. The highest BCUT2D eigenvalue weighted by Gasteiger charge is 2.20. The first-order valence-corrected chi connectivity index (χ1v) is 5.80. The molecule has 0 aromatic heterocycles. The summed E-state index contributed by atoms with van der Waals surface area (Å²) in [5.74, 6) is 0.0886. The van der Waals surface area contributed by atoms with Crippen molar-refractivity contribution in [2.75, 3.05) is 26.7 Å². The predicted octanol–water partition coefficient (Wildman–Crippen LogP) is 0.195. The molecule has 88 valence electrons. The van der Waals surface area contributed by atoms with Gasteiger partial charge >= 0.3 is 0 Å². The molecule has 15 heavy (non-hydrogen) atoms. The lowest BCUT2D eigenvalue weighted by atomic mass is 10.2. The van der Waals surface area contributed by atoms with E-state index in [2.05, 4.69) is 22.6 Å². The smallest absolute Gasteiger partial charge is 0.234 e. The van der Waals surface area contributed by atoms with Gasteiger partial charge in [-0.3, -0.25) is 4.79 Å². The maximum absolute atomic E-state index is 11.3. The summed E-state index contributed by atoms with van der Waals surface area (Å²) >= 11 is 0. The van der Waals surface area contributed by atoms with Gasteiger partial charge in [-0.1, -0.05) is 0 Å². The van der Waals surface area contributed by atoms with Crippen molar-refractivity contribution in [3.63, 3.8) is 0 Å². The van der Waals surface area contributed by atoms with Crippen LogP contribution in [-0.4, -0.2) is 49.6 Å².